The maximum atomic E-state index is 12.1. The summed E-state index contributed by atoms with van der Waals surface area (Å²) in [6.45, 7) is 4.83. The first-order chi connectivity index (χ1) is 10.7. The van der Waals surface area contributed by atoms with Crippen molar-refractivity contribution in [3.05, 3.63) is 36.9 Å². The summed E-state index contributed by atoms with van der Waals surface area (Å²) in [6.07, 6.45) is 4.68. The molecule has 1 aromatic carbocycles. The van der Waals surface area contributed by atoms with Gasteiger partial charge in [0, 0.05) is 17.9 Å². The number of nitrogens with one attached hydrogen (secondary N) is 4. The standard InChI is InChI=1S/C16H22N4O2.ClH/c1-2-10-18-16(22)20-13-8-6-12(7-9-13)19-15(21)14-5-3-4-11-17-14;/h2,6-9,14,17H,1,3-5,10-11H2,(H,19,21)(H2,18,20,22);1H. The molecule has 6 nitrogen and oxygen atoms in total. The second kappa shape index (κ2) is 9.86. The lowest BCUT2D eigenvalue weighted by Crippen LogP contribution is -2.43. The first kappa shape index (κ1) is 19.0. The molecule has 1 aliphatic heterocycles. The number of amides is 3. The van der Waals surface area contributed by atoms with Gasteiger partial charge >= 0.3 is 6.03 Å². The van der Waals surface area contributed by atoms with Gasteiger partial charge in [-0.15, -0.1) is 19.0 Å². The van der Waals surface area contributed by atoms with Crippen molar-refractivity contribution in [3.63, 3.8) is 0 Å². The lowest BCUT2D eigenvalue weighted by Gasteiger charge is -2.22. The third-order valence-corrected chi connectivity index (χ3v) is 3.44. The zero-order valence-electron chi connectivity index (χ0n) is 12.9. The van der Waals surface area contributed by atoms with Crippen LogP contribution in [0.15, 0.2) is 36.9 Å². The Balaban J connectivity index is 0.00000264. The maximum Gasteiger partial charge on any atom is 0.319 e. The number of urea groups is 1. The van der Waals surface area contributed by atoms with E-state index in [1.807, 2.05) is 0 Å². The molecule has 1 fully saturated rings. The van der Waals surface area contributed by atoms with Gasteiger partial charge in [-0.25, -0.2) is 4.79 Å². The van der Waals surface area contributed by atoms with Crippen LogP contribution in [0, 0.1) is 0 Å². The van der Waals surface area contributed by atoms with Crippen LogP contribution in [0.2, 0.25) is 0 Å². The third kappa shape index (κ3) is 6.30. The highest BCUT2D eigenvalue weighted by molar-refractivity contribution is 5.95. The molecular formula is C16H23ClN4O2. The number of carbonyl (C=O) groups is 2. The Morgan fingerprint density at radius 3 is 2.39 bits per heavy atom. The van der Waals surface area contributed by atoms with Crippen LogP contribution in [0.25, 0.3) is 0 Å². The van der Waals surface area contributed by atoms with E-state index < -0.39 is 0 Å². The van der Waals surface area contributed by atoms with Crippen molar-refractivity contribution in [1.29, 1.82) is 0 Å². The van der Waals surface area contributed by atoms with Crippen molar-refractivity contribution in [2.24, 2.45) is 0 Å². The fourth-order valence-corrected chi connectivity index (χ4v) is 2.28. The fraction of sp³-hybridized carbons (Fsp3) is 0.375. The number of halogens is 1. The molecule has 1 unspecified atom stereocenters. The van der Waals surface area contributed by atoms with Crippen molar-refractivity contribution in [2.45, 2.75) is 25.3 Å². The lowest BCUT2D eigenvalue weighted by atomic mass is 10.0. The average Bonchev–Trinajstić information content (AvgIpc) is 2.55. The number of anilines is 2. The van der Waals surface area contributed by atoms with E-state index in [9.17, 15) is 9.59 Å². The summed E-state index contributed by atoms with van der Waals surface area (Å²) in [7, 11) is 0. The van der Waals surface area contributed by atoms with Crippen LogP contribution in [-0.2, 0) is 4.79 Å². The Hall–Kier alpha value is -2.05. The molecule has 3 amide bonds. The highest BCUT2D eigenvalue weighted by Crippen LogP contribution is 2.15. The van der Waals surface area contributed by atoms with Crippen LogP contribution in [0.5, 0.6) is 0 Å². The van der Waals surface area contributed by atoms with Crippen LogP contribution in [-0.4, -0.2) is 31.1 Å². The van der Waals surface area contributed by atoms with Gasteiger partial charge in [-0.3, -0.25) is 4.79 Å². The van der Waals surface area contributed by atoms with E-state index in [-0.39, 0.29) is 30.4 Å². The van der Waals surface area contributed by atoms with Crippen molar-refractivity contribution in [2.75, 3.05) is 23.7 Å². The average molecular weight is 339 g/mol. The molecule has 0 bridgehead atoms. The third-order valence-electron chi connectivity index (χ3n) is 3.44. The SMILES string of the molecule is C=CCNC(=O)Nc1ccc(NC(=O)C2CCCCN2)cc1.Cl. The smallest absolute Gasteiger partial charge is 0.319 e. The minimum absolute atomic E-state index is 0. The largest absolute Gasteiger partial charge is 0.334 e. The maximum absolute atomic E-state index is 12.1. The normalized spacial score (nSPS) is 16.6. The first-order valence-electron chi connectivity index (χ1n) is 7.49. The molecule has 2 rings (SSSR count). The van der Waals surface area contributed by atoms with Gasteiger partial charge in [0.05, 0.1) is 6.04 Å². The summed E-state index contributed by atoms with van der Waals surface area (Å²) in [6, 6.07) is 6.63. The van der Waals surface area contributed by atoms with E-state index in [2.05, 4.69) is 27.8 Å². The van der Waals surface area contributed by atoms with Gasteiger partial charge in [0.2, 0.25) is 5.91 Å². The Bertz CT molecular complexity index is 527. The van der Waals surface area contributed by atoms with E-state index in [4.69, 9.17) is 0 Å². The van der Waals surface area contributed by atoms with Crippen molar-refractivity contribution < 1.29 is 9.59 Å². The van der Waals surface area contributed by atoms with Gasteiger partial charge in [-0.05, 0) is 43.7 Å². The number of rotatable bonds is 5. The molecule has 1 atom stereocenters. The predicted octanol–water partition coefficient (Wildman–Crippen LogP) is 2.50. The summed E-state index contributed by atoms with van der Waals surface area (Å²) >= 11 is 0. The summed E-state index contributed by atoms with van der Waals surface area (Å²) in [5.41, 5.74) is 1.38. The molecule has 1 saturated heterocycles. The molecule has 1 aliphatic rings. The lowest BCUT2D eigenvalue weighted by molar-refractivity contribution is -0.118. The van der Waals surface area contributed by atoms with Crippen molar-refractivity contribution >= 4 is 35.7 Å². The summed E-state index contributed by atoms with van der Waals surface area (Å²) < 4.78 is 0. The fourth-order valence-electron chi connectivity index (χ4n) is 2.28. The number of carbonyl (C=O) groups excluding carboxylic acids is 2. The summed E-state index contributed by atoms with van der Waals surface area (Å²) in [4.78, 5) is 23.6. The zero-order chi connectivity index (χ0) is 15.8. The molecular weight excluding hydrogens is 316 g/mol. The molecule has 0 aromatic heterocycles. The Morgan fingerprint density at radius 1 is 1.17 bits per heavy atom. The quantitative estimate of drug-likeness (QED) is 0.622. The van der Waals surface area contributed by atoms with Crippen LogP contribution in [0.4, 0.5) is 16.2 Å². The summed E-state index contributed by atoms with van der Waals surface area (Å²) in [5.74, 6) is -0.0101. The molecule has 4 N–H and O–H groups in total. The molecule has 126 valence electrons. The second-order valence-corrected chi connectivity index (χ2v) is 5.19. The molecule has 23 heavy (non-hydrogen) atoms. The molecule has 7 heteroatoms. The van der Waals surface area contributed by atoms with Crippen LogP contribution in [0.1, 0.15) is 19.3 Å². The molecule has 0 spiro atoms. The molecule has 0 saturated carbocycles. The summed E-state index contributed by atoms with van der Waals surface area (Å²) in [5, 5.41) is 11.4. The van der Waals surface area contributed by atoms with Crippen LogP contribution >= 0.6 is 12.4 Å². The van der Waals surface area contributed by atoms with Gasteiger partial charge in [-0.2, -0.15) is 0 Å². The van der Waals surface area contributed by atoms with Gasteiger partial charge < -0.3 is 21.3 Å². The van der Waals surface area contributed by atoms with Crippen LogP contribution in [0.3, 0.4) is 0 Å². The highest BCUT2D eigenvalue weighted by Gasteiger charge is 2.20. The number of piperidine rings is 1. The minimum atomic E-state index is -0.289. The Morgan fingerprint density at radius 2 is 1.83 bits per heavy atom. The topological polar surface area (TPSA) is 82.3 Å². The molecule has 1 aromatic rings. The number of hydrogen-bond acceptors (Lipinski definition) is 3. The van der Waals surface area contributed by atoms with Gasteiger partial charge in [0.15, 0.2) is 0 Å². The zero-order valence-corrected chi connectivity index (χ0v) is 13.7. The van der Waals surface area contributed by atoms with E-state index in [1.54, 1.807) is 30.3 Å². The highest BCUT2D eigenvalue weighted by atomic mass is 35.5. The Kier molecular flexibility index (Phi) is 8.15. The van der Waals surface area contributed by atoms with Gasteiger partial charge in [-0.1, -0.05) is 12.5 Å². The van der Waals surface area contributed by atoms with Gasteiger partial charge in [0.25, 0.3) is 0 Å². The second-order valence-electron chi connectivity index (χ2n) is 5.19. The van der Waals surface area contributed by atoms with Crippen molar-refractivity contribution in [3.8, 4) is 0 Å². The molecule has 1 heterocycles. The monoisotopic (exact) mass is 338 g/mol. The number of benzene rings is 1. The predicted molar refractivity (Wildman–Crippen MR) is 95.2 cm³/mol. The van der Waals surface area contributed by atoms with E-state index in [1.165, 1.54) is 0 Å². The van der Waals surface area contributed by atoms with E-state index in [0.29, 0.717) is 12.2 Å². The van der Waals surface area contributed by atoms with Crippen molar-refractivity contribution in [1.82, 2.24) is 10.6 Å². The van der Waals surface area contributed by atoms with E-state index >= 15 is 0 Å². The van der Waals surface area contributed by atoms with Crippen LogP contribution < -0.4 is 21.3 Å². The molecule has 0 radical (unpaired) electrons. The molecule has 0 aliphatic carbocycles. The minimum Gasteiger partial charge on any atom is -0.334 e. The van der Waals surface area contributed by atoms with E-state index in [0.717, 1.165) is 31.5 Å². The first-order valence-corrected chi connectivity index (χ1v) is 7.49. The Labute approximate surface area is 142 Å². The number of hydrogen-bond donors (Lipinski definition) is 4. The van der Waals surface area contributed by atoms with Gasteiger partial charge in [0.1, 0.15) is 0 Å².